The summed E-state index contributed by atoms with van der Waals surface area (Å²) in [5.41, 5.74) is 3.13. The van der Waals surface area contributed by atoms with Gasteiger partial charge in [0.15, 0.2) is 5.69 Å². The van der Waals surface area contributed by atoms with E-state index in [1.54, 1.807) is 23.7 Å². The van der Waals surface area contributed by atoms with Gasteiger partial charge in [-0.1, -0.05) is 33.3 Å². The number of nitrogens with zero attached hydrogens (tertiary/aromatic N) is 3. The van der Waals surface area contributed by atoms with Crippen LogP contribution in [-0.4, -0.2) is 21.0 Å². The van der Waals surface area contributed by atoms with Crippen LogP contribution in [0.1, 0.15) is 27.3 Å². The average Bonchev–Trinajstić information content (AvgIpc) is 2.97. The summed E-state index contributed by atoms with van der Waals surface area (Å²) in [4.78, 5) is 12.3. The second kappa shape index (κ2) is 7.14. The van der Waals surface area contributed by atoms with Crippen molar-refractivity contribution in [2.45, 2.75) is 20.5 Å². The van der Waals surface area contributed by atoms with Crippen LogP contribution >= 0.6 is 15.9 Å². The predicted octanol–water partition coefficient (Wildman–Crippen LogP) is 4.14. The molecule has 128 valence electrons. The summed E-state index contributed by atoms with van der Waals surface area (Å²) < 4.78 is 20.9. The highest BCUT2D eigenvalue weighted by Gasteiger charge is 2.19. The minimum atomic E-state index is -0.596. The summed E-state index contributed by atoms with van der Waals surface area (Å²) in [6.45, 7) is 3.68. The largest absolute Gasteiger partial charge is 0.456 e. The number of halogens is 2. The van der Waals surface area contributed by atoms with Crippen LogP contribution in [0.4, 0.5) is 4.39 Å². The number of benzene rings is 2. The van der Waals surface area contributed by atoms with Crippen molar-refractivity contribution in [2.24, 2.45) is 0 Å². The summed E-state index contributed by atoms with van der Waals surface area (Å²) in [5, 5.41) is 7.96. The van der Waals surface area contributed by atoms with E-state index < -0.39 is 5.97 Å². The van der Waals surface area contributed by atoms with Gasteiger partial charge in [0.1, 0.15) is 12.4 Å². The zero-order valence-electron chi connectivity index (χ0n) is 13.7. The van der Waals surface area contributed by atoms with Crippen LogP contribution in [0.15, 0.2) is 46.9 Å². The molecule has 0 N–H and O–H groups in total. The summed E-state index contributed by atoms with van der Waals surface area (Å²) >= 11 is 3.45. The molecule has 0 aliphatic carbocycles. The molecule has 5 nitrogen and oxygen atoms in total. The highest BCUT2D eigenvalue weighted by atomic mass is 79.9. The molecule has 0 spiro atoms. The van der Waals surface area contributed by atoms with Gasteiger partial charge in [-0.2, -0.15) is 0 Å². The smallest absolute Gasteiger partial charge is 0.361 e. The first-order valence-corrected chi connectivity index (χ1v) is 8.35. The fraction of sp³-hybridized carbons (Fsp3) is 0.167. The second-order valence-electron chi connectivity index (χ2n) is 5.57. The lowest BCUT2D eigenvalue weighted by molar-refractivity contribution is 0.0464. The zero-order valence-corrected chi connectivity index (χ0v) is 15.2. The van der Waals surface area contributed by atoms with Gasteiger partial charge < -0.3 is 4.74 Å². The minimum Gasteiger partial charge on any atom is -0.456 e. The fourth-order valence-electron chi connectivity index (χ4n) is 2.37. The quantitative estimate of drug-likeness (QED) is 0.614. The molecule has 0 saturated carbocycles. The molecule has 0 bridgehead atoms. The lowest BCUT2D eigenvalue weighted by Gasteiger charge is -2.06. The standard InChI is InChI=1S/C18H15BrFN3O2/c1-11-8-15(6-7-16(11)19)23-12(2)17(21-22-23)18(24)25-10-13-4-3-5-14(20)9-13/h3-9H,10H2,1-2H3. The summed E-state index contributed by atoms with van der Waals surface area (Å²) in [5.74, 6) is -0.969. The molecule has 0 amide bonds. The molecule has 2 aromatic carbocycles. The molecule has 25 heavy (non-hydrogen) atoms. The van der Waals surface area contributed by atoms with Gasteiger partial charge in [0.2, 0.25) is 0 Å². The van der Waals surface area contributed by atoms with Crippen molar-refractivity contribution in [3.8, 4) is 5.69 Å². The molecule has 3 rings (SSSR count). The Hall–Kier alpha value is -2.54. The van der Waals surface area contributed by atoms with Crippen LogP contribution in [0.2, 0.25) is 0 Å². The average molecular weight is 404 g/mol. The molecule has 1 heterocycles. The molecule has 0 fully saturated rings. The van der Waals surface area contributed by atoms with Gasteiger partial charge in [-0.25, -0.2) is 13.9 Å². The molecule has 0 saturated heterocycles. The first-order valence-electron chi connectivity index (χ1n) is 7.56. The van der Waals surface area contributed by atoms with Crippen molar-refractivity contribution in [1.29, 1.82) is 0 Å². The molecule has 0 aliphatic rings. The number of hydrogen-bond acceptors (Lipinski definition) is 4. The minimum absolute atomic E-state index is 0.0275. The summed E-state index contributed by atoms with van der Waals surface area (Å²) in [6.07, 6.45) is 0. The molecular weight excluding hydrogens is 389 g/mol. The van der Waals surface area contributed by atoms with Crippen molar-refractivity contribution in [2.75, 3.05) is 0 Å². The number of hydrogen-bond donors (Lipinski definition) is 0. The van der Waals surface area contributed by atoms with E-state index in [0.717, 1.165) is 15.7 Å². The lowest BCUT2D eigenvalue weighted by Crippen LogP contribution is -2.08. The third-order valence-electron chi connectivity index (χ3n) is 3.73. The number of rotatable bonds is 4. The Morgan fingerprint density at radius 3 is 2.76 bits per heavy atom. The van der Waals surface area contributed by atoms with E-state index in [9.17, 15) is 9.18 Å². The third-order valence-corrected chi connectivity index (χ3v) is 4.62. The van der Waals surface area contributed by atoms with E-state index in [1.807, 2.05) is 25.1 Å². The molecular formula is C18H15BrFN3O2. The highest BCUT2D eigenvalue weighted by Crippen LogP contribution is 2.21. The summed E-state index contributed by atoms with van der Waals surface area (Å²) in [7, 11) is 0. The maximum atomic E-state index is 13.2. The zero-order chi connectivity index (χ0) is 18.0. The topological polar surface area (TPSA) is 57.0 Å². The molecule has 0 radical (unpaired) electrons. The fourth-order valence-corrected chi connectivity index (χ4v) is 2.61. The lowest BCUT2D eigenvalue weighted by atomic mass is 10.2. The predicted molar refractivity (Wildman–Crippen MR) is 94.1 cm³/mol. The monoisotopic (exact) mass is 403 g/mol. The first-order chi connectivity index (χ1) is 12.0. The Morgan fingerprint density at radius 2 is 2.04 bits per heavy atom. The molecule has 3 aromatic rings. The maximum Gasteiger partial charge on any atom is 0.361 e. The number of aromatic nitrogens is 3. The Labute approximate surface area is 152 Å². The van der Waals surface area contributed by atoms with Gasteiger partial charge in [-0.3, -0.25) is 0 Å². The van der Waals surface area contributed by atoms with Gasteiger partial charge in [0, 0.05) is 4.47 Å². The van der Waals surface area contributed by atoms with E-state index in [0.29, 0.717) is 11.3 Å². The number of carbonyl (C=O) groups is 1. The second-order valence-corrected chi connectivity index (χ2v) is 6.43. The van der Waals surface area contributed by atoms with Gasteiger partial charge in [-0.15, -0.1) is 5.10 Å². The Kier molecular flexibility index (Phi) is 4.94. The molecule has 0 atom stereocenters. The molecule has 1 aromatic heterocycles. The number of carbonyl (C=O) groups excluding carboxylic acids is 1. The number of ether oxygens (including phenoxy) is 1. The van der Waals surface area contributed by atoms with Crippen LogP contribution in [0.25, 0.3) is 5.69 Å². The highest BCUT2D eigenvalue weighted by molar-refractivity contribution is 9.10. The van der Waals surface area contributed by atoms with E-state index >= 15 is 0 Å². The molecule has 0 unspecified atom stereocenters. The Morgan fingerprint density at radius 1 is 1.24 bits per heavy atom. The van der Waals surface area contributed by atoms with Crippen molar-refractivity contribution in [3.63, 3.8) is 0 Å². The van der Waals surface area contributed by atoms with Gasteiger partial charge >= 0.3 is 5.97 Å². The van der Waals surface area contributed by atoms with Crippen LogP contribution in [-0.2, 0) is 11.3 Å². The SMILES string of the molecule is Cc1cc(-n2nnc(C(=O)OCc3cccc(F)c3)c2C)ccc1Br. The van der Waals surface area contributed by atoms with E-state index in [1.165, 1.54) is 12.1 Å². The van der Waals surface area contributed by atoms with Crippen LogP contribution in [0, 0.1) is 19.7 Å². The van der Waals surface area contributed by atoms with Crippen molar-refractivity contribution in [1.82, 2.24) is 15.0 Å². The number of esters is 1. The van der Waals surface area contributed by atoms with Crippen LogP contribution in [0.5, 0.6) is 0 Å². The van der Waals surface area contributed by atoms with Crippen molar-refractivity contribution in [3.05, 3.63) is 75.3 Å². The molecule has 0 aliphatic heterocycles. The summed E-state index contributed by atoms with van der Waals surface area (Å²) in [6, 6.07) is 11.6. The third kappa shape index (κ3) is 3.76. The van der Waals surface area contributed by atoms with E-state index in [4.69, 9.17) is 4.74 Å². The van der Waals surface area contributed by atoms with Crippen LogP contribution in [0.3, 0.4) is 0 Å². The Bertz CT molecular complexity index is 940. The Balaban J connectivity index is 1.78. The van der Waals surface area contributed by atoms with Gasteiger partial charge in [-0.05, 0) is 55.3 Å². The van der Waals surface area contributed by atoms with Crippen molar-refractivity contribution < 1.29 is 13.9 Å². The number of aryl methyl sites for hydroxylation is 1. The normalized spacial score (nSPS) is 10.7. The van der Waals surface area contributed by atoms with Gasteiger partial charge in [0.25, 0.3) is 0 Å². The first kappa shape index (κ1) is 17.3. The van der Waals surface area contributed by atoms with Gasteiger partial charge in [0.05, 0.1) is 11.4 Å². The van der Waals surface area contributed by atoms with E-state index in [2.05, 4.69) is 26.2 Å². The maximum absolute atomic E-state index is 13.2. The molecule has 7 heteroatoms. The van der Waals surface area contributed by atoms with Crippen molar-refractivity contribution >= 4 is 21.9 Å². The van der Waals surface area contributed by atoms with E-state index in [-0.39, 0.29) is 18.1 Å². The van der Waals surface area contributed by atoms with Crippen LogP contribution < -0.4 is 0 Å².